The fourth-order valence-electron chi connectivity index (χ4n) is 5.00. The Bertz CT molecular complexity index is 1190. The van der Waals surface area contributed by atoms with Crippen LogP contribution in [0.25, 0.3) is 11.0 Å². The Morgan fingerprint density at radius 2 is 1.69 bits per heavy atom. The number of halogens is 1. The summed E-state index contributed by atoms with van der Waals surface area (Å²) < 4.78 is 16.3. The summed E-state index contributed by atoms with van der Waals surface area (Å²) in [5, 5.41) is 43.1. The molecule has 1 aromatic heterocycles. The van der Waals surface area contributed by atoms with Gasteiger partial charge in [0.2, 0.25) is 12.2 Å². The van der Waals surface area contributed by atoms with Gasteiger partial charge >= 0.3 is 5.63 Å². The third-order valence-electron chi connectivity index (χ3n) is 7.53. The zero-order valence-corrected chi connectivity index (χ0v) is 25.2. The van der Waals surface area contributed by atoms with Gasteiger partial charge in [0.15, 0.2) is 0 Å². The molecule has 1 aliphatic heterocycles. The van der Waals surface area contributed by atoms with E-state index < -0.39 is 42.9 Å². The lowest BCUT2D eigenvalue weighted by Gasteiger charge is -2.39. The summed E-state index contributed by atoms with van der Waals surface area (Å²) in [6.07, 6.45) is 2.62. The van der Waals surface area contributed by atoms with Crippen LogP contribution in [-0.2, 0) is 16.0 Å². The molecule has 1 aliphatic rings. The van der Waals surface area contributed by atoms with Crippen LogP contribution in [0.1, 0.15) is 63.9 Å². The Labute approximate surface area is 251 Å². The van der Waals surface area contributed by atoms with E-state index >= 15 is 0 Å². The van der Waals surface area contributed by atoms with E-state index in [-0.39, 0.29) is 28.7 Å². The van der Waals surface area contributed by atoms with Crippen LogP contribution < -0.4 is 15.7 Å². The standard InChI is InChI=1S/C30H45ClN2O9/c1-3-4-5-6-7-8-9-10-12-33(2)13-11-32-25(35)14-19-15-26(36)40-22-17-23(21(31)16-20(19)22)41-30-29(39)28(38)27(37)24(18-34)42-30/h15-17,24,27-30,34,37-39H,3-14,18H2,1-2H3,(H,32,35). The minimum atomic E-state index is -1.64. The molecule has 2 heterocycles. The molecule has 0 spiro atoms. The smallest absolute Gasteiger partial charge is 0.336 e. The number of aliphatic hydroxyl groups is 4. The number of rotatable bonds is 17. The first-order chi connectivity index (χ1) is 20.1. The van der Waals surface area contributed by atoms with Crippen LogP contribution in [0.5, 0.6) is 5.75 Å². The average molecular weight is 613 g/mol. The molecule has 1 saturated heterocycles. The summed E-state index contributed by atoms with van der Waals surface area (Å²) in [4.78, 5) is 27.2. The molecular weight excluding hydrogens is 568 g/mol. The Morgan fingerprint density at radius 3 is 2.38 bits per heavy atom. The van der Waals surface area contributed by atoms with E-state index in [4.69, 9.17) is 25.5 Å². The van der Waals surface area contributed by atoms with E-state index in [0.29, 0.717) is 24.0 Å². The minimum Gasteiger partial charge on any atom is -0.460 e. The molecule has 5 atom stereocenters. The van der Waals surface area contributed by atoms with Crippen LogP contribution in [0.15, 0.2) is 27.4 Å². The number of amides is 1. The van der Waals surface area contributed by atoms with Gasteiger partial charge in [-0.3, -0.25) is 4.79 Å². The van der Waals surface area contributed by atoms with Gasteiger partial charge in [0, 0.05) is 30.6 Å². The first-order valence-corrected chi connectivity index (χ1v) is 15.2. The number of likely N-dealkylation sites (N-methyl/N-ethyl adjacent to an activating group) is 1. The first-order valence-electron chi connectivity index (χ1n) is 14.8. The van der Waals surface area contributed by atoms with Gasteiger partial charge in [0.25, 0.3) is 0 Å². The highest BCUT2D eigenvalue weighted by atomic mass is 35.5. The number of benzene rings is 1. The Morgan fingerprint density at radius 1 is 1.00 bits per heavy atom. The van der Waals surface area contributed by atoms with E-state index in [1.54, 1.807) is 0 Å². The fraction of sp³-hybridized carbons (Fsp3) is 0.667. The molecule has 42 heavy (non-hydrogen) atoms. The number of carbonyl (C=O) groups is 1. The van der Waals surface area contributed by atoms with Crippen molar-refractivity contribution in [2.24, 2.45) is 0 Å². The van der Waals surface area contributed by atoms with Crippen LogP contribution in [0.3, 0.4) is 0 Å². The monoisotopic (exact) mass is 612 g/mol. The zero-order valence-electron chi connectivity index (χ0n) is 24.5. The van der Waals surface area contributed by atoms with Gasteiger partial charge in [-0.1, -0.05) is 63.5 Å². The van der Waals surface area contributed by atoms with E-state index in [0.717, 1.165) is 13.0 Å². The topological polar surface area (TPSA) is 162 Å². The van der Waals surface area contributed by atoms with Crippen LogP contribution in [0, 0.1) is 0 Å². The molecule has 5 unspecified atom stereocenters. The summed E-state index contributed by atoms with van der Waals surface area (Å²) in [5.74, 6) is -0.280. The second kappa shape index (κ2) is 17.1. The van der Waals surface area contributed by atoms with Gasteiger partial charge in [0.05, 0.1) is 18.1 Å². The Hall–Kier alpha value is -2.25. The second-order valence-electron chi connectivity index (χ2n) is 11.0. The highest BCUT2D eigenvalue weighted by Crippen LogP contribution is 2.34. The van der Waals surface area contributed by atoms with Crippen molar-refractivity contribution in [1.82, 2.24) is 10.2 Å². The number of nitrogens with one attached hydrogen (secondary N) is 1. The molecule has 5 N–H and O–H groups in total. The number of hydrogen-bond acceptors (Lipinski definition) is 10. The van der Waals surface area contributed by atoms with Crippen molar-refractivity contribution in [2.75, 3.05) is 33.3 Å². The molecule has 0 aliphatic carbocycles. The maximum atomic E-state index is 12.7. The van der Waals surface area contributed by atoms with E-state index in [1.807, 2.05) is 7.05 Å². The minimum absolute atomic E-state index is 0.0298. The third-order valence-corrected chi connectivity index (χ3v) is 7.83. The van der Waals surface area contributed by atoms with Crippen LogP contribution in [0.4, 0.5) is 0 Å². The molecule has 0 saturated carbocycles. The van der Waals surface area contributed by atoms with Crippen molar-refractivity contribution < 1.29 is 39.1 Å². The quantitative estimate of drug-likeness (QED) is 0.132. The van der Waals surface area contributed by atoms with Gasteiger partial charge in [-0.15, -0.1) is 0 Å². The lowest BCUT2D eigenvalue weighted by Crippen LogP contribution is -2.60. The van der Waals surface area contributed by atoms with Gasteiger partial charge in [-0.05, 0) is 31.6 Å². The molecule has 1 fully saturated rings. The van der Waals surface area contributed by atoms with Gasteiger partial charge in [0.1, 0.15) is 35.7 Å². The lowest BCUT2D eigenvalue weighted by molar-refractivity contribution is -0.277. The highest BCUT2D eigenvalue weighted by Gasteiger charge is 2.45. The lowest BCUT2D eigenvalue weighted by atomic mass is 9.99. The van der Waals surface area contributed by atoms with E-state index in [2.05, 4.69) is 17.1 Å². The summed E-state index contributed by atoms with van der Waals surface area (Å²) in [6, 6.07) is 4.03. The molecule has 2 aromatic rings. The molecule has 0 bridgehead atoms. The van der Waals surface area contributed by atoms with Gasteiger partial charge in [-0.25, -0.2) is 4.79 Å². The molecule has 3 rings (SSSR count). The maximum Gasteiger partial charge on any atom is 0.336 e. The molecule has 236 valence electrons. The van der Waals surface area contributed by atoms with Crippen molar-refractivity contribution in [2.45, 2.75) is 95.4 Å². The third kappa shape index (κ3) is 9.90. The number of unbranched alkanes of at least 4 members (excludes halogenated alkanes) is 7. The zero-order chi connectivity index (χ0) is 30.6. The number of hydrogen-bond donors (Lipinski definition) is 5. The van der Waals surface area contributed by atoms with Gasteiger partial charge < -0.3 is 44.5 Å². The molecule has 11 nitrogen and oxygen atoms in total. The van der Waals surface area contributed by atoms with Crippen LogP contribution in [0.2, 0.25) is 5.02 Å². The Kier molecular flexibility index (Phi) is 14.0. The summed E-state index contributed by atoms with van der Waals surface area (Å²) in [6.45, 7) is 3.77. The number of carbonyl (C=O) groups excluding carboxylic acids is 1. The van der Waals surface area contributed by atoms with Crippen molar-refractivity contribution in [3.8, 4) is 5.75 Å². The van der Waals surface area contributed by atoms with Gasteiger partial charge in [-0.2, -0.15) is 0 Å². The van der Waals surface area contributed by atoms with Crippen molar-refractivity contribution >= 4 is 28.5 Å². The van der Waals surface area contributed by atoms with Crippen molar-refractivity contribution in [3.05, 3.63) is 39.2 Å². The summed E-state index contributed by atoms with van der Waals surface area (Å²) in [5.41, 5.74) is -0.150. The van der Waals surface area contributed by atoms with E-state index in [9.17, 15) is 30.0 Å². The Balaban J connectivity index is 1.53. The predicted octanol–water partition coefficient (Wildman–Crippen LogP) is 2.36. The first kappa shape index (κ1) is 34.2. The number of fused-ring (bicyclic) bond motifs is 1. The SMILES string of the molecule is CCCCCCCCCCN(C)CCNC(=O)Cc1cc(=O)oc2cc(OC3OC(CO)C(O)C(O)C3O)c(Cl)cc12. The molecule has 1 amide bonds. The van der Waals surface area contributed by atoms with Crippen molar-refractivity contribution in [1.29, 1.82) is 0 Å². The van der Waals surface area contributed by atoms with E-state index in [1.165, 1.54) is 63.1 Å². The van der Waals surface area contributed by atoms with Crippen molar-refractivity contribution in [3.63, 3.8) is 0 Å². The molecular formula is C30H45ClN2O9. The highest BCUT2D eigenvalue weighted by molar-refractivity contribution is 6.32. The number of nitrogens with zero attached hydrogens (tertiary/aromatic N) is 1. The summed E-state index contributed by atoms with van der Waals surface area (Å²) in [7, 11) is 2.04. The fourth-order valence-corrected chi connectivity index (χ4v) is 5.21. The second-order valence-corrected chi connectivity index (χ2v) is 11.4. The summed E-state index contributed by atoms with van der Waals surface area (Å²) >= 11 is 6.41. The number of aliphatic hydroxyl groups excluding tert-OH is 4. The van der Waals surface area contributed by atoms with Crippen LogP contribution in [-0.4, -0.2) is 95.2 Å². The molecule has 12 heteroatoms. The largest absolute Gasteiger partial charge is 0.460 e. The van der Waals surface area contributed by atoms with Crippen LogP contribution >= 0.6 is 11.6 Å². The number of ether oxygens (including phenoxy) is 2. The predicted molar refractivity (Wildman–Crippen MR) is 159 cm³/mol. The average Bonchev–Trinajstić information content (AvgIpc) is 2.95. The molecule has 1 aromatic carbocycles. The normalized spacial score (nSPS) is 22.5. The maximum absolute atomic E-state index is 12.7. The molecule has 0 radical (unpaired) electrons.